The predicted molar refractivity (Wildman–Crippen MR) is 109 cm³/mol. The molecule has 2 atom stereocenters. The second-order valence-electron chi connectivity index (χ2n) is 8.67. The van der Waals surface area contributed by atoms with Gasteiger partial charge in [-0.05, 0) is 18.2 Å². The van der Waals surface area contributed by atoms with E-state index < -0.39 is 0 Å². The number of nitrogens with zero attached hydrogens (tertiary/aromatic N) is 1. The van der Waals surface area contributed by atoms with Gasteiger partial charge in [0.25, 0.3) is 0 Å². The number of thioether (sulfide) groups is 1. The number of rotatable bonds is 2. The highest BCUT2D eigenvalue weighted by Crippen LogP contribution is 2.77. The van der Waals surface area contributed by atoms with Gasteiger partial charge in [-0.15, -0.1) is 11.8 Å². The van der Waals surface area contributed by atoms with Gasteiger partial charge in [0, 0.05) is 10.8 Å². The van der Waals surface area contributed by atoms with Crippen molar-refractivity contribution in [3.05, 3.63) is 71.8 Å². The van der Waals surface area contributed by atoms with E-state index >= 15 is 0 Å². The number of carbonyl (C=O) groups is 1. The molecule has 0 radical (unpaired) electrons. The fraction of sp³-hybridized carbons (Fsp3) is 0.435. The summed E-state index contributed by atoms with van der Waals surface area (Å²) < 4.78 is -0.159. The molecule has 1 heterocycles. The number of carbonyl (C=O) groups excluding carboxylic acids is 1. The van der Waals surface area contributed by atoms with E-state index in [1.807, 2.05) is 11.8 Å². The minimum atomic E-state index is -0.362. The number of benzene rings is 2. The monoisotopic (exact) mass is 365 g/mol. The summed E-state index contributed by atoms with van der Waals surface area (Å²) in [4.78, 5) is 15.5. The molecule has 1 saturated carbocycles. The van der Waals surface area contributed by atoms with Crippen molar-refractivity contribution in [2.24, 2.45) is 10.8 Å². The molecule has 0 N–H and O–H groups in total. The topological polar surface area (TPSA) is 20.3 Å². The minimum absolute atomic E-state index is 0.159. The maximum atomic E-state index is 13.1. The van der Waals surface area contributed by atoms with E-state index in [2.05, 4.69) is 100 Å². The van der Waals surface area contributed by atoms with Crippen LogP contribution in [0.3, 0.4) is 0 Å². The molecule has 4 rings (SSSR count). The molecule has 3 heteroatoms. The normalized spacial score (nSPS) is 28.9. The standard InChI is InChI=1S/C23H27NOS/c1-21(2)20(25)22(3,4)23(21)18(16-12-8-6-9-13-16)24(5)19(26-23)17-14-10-7-11-15-17/h6-15,18-19H,1-5H3/t18-,19-/m1/s1. The Morgan fingerprint density at radius 2 is 1.27 bits per heavy atom. The van der Waals surface area contributed by atoms with Crippen LogP contribution in [-0.2, 0) is 4.79 Å². The fourth-order valence-electron chi connectivity index (χ4n) is 5.59. The van der Waals surface area contributed by atoms with Gasteiger partial charge in [0.05, 0.1) is 16.2 Å². The van der Waals surface area contributed by atoms with Gasteiger partial charge in [-0.25, -0.2) is 0 Å². The first kappa shape index (κ1) is 17.8. The first-order valence-corrected chi connectivity index (χ1v) is 10.2. The molecule has 2 aromatic carbocycles. The minimum Gasteiger partial charge on any atom is -0.298 e. The molecule has 1 saturated heterocycles. The summed E-state index contributed by atoms with van der Waals surface area (Å²) in [6, 6.07) is 21.6. The zero-order valence-electron chi connectivity index (χ0n) is 16.2. The second-order valence-corrected chi connectivity index (χ2v) is 10.0. The second kappa shape index (κ2) is 5.71. The summed E-state index contributed by atoms with van der Waals surface area (Å²) in [5.41, 5.74) is 1.89. The molecule has 0 aromatic heterocycles. The SMILES string of the molecule is CN1[C@@H](c2ccccc2)SC2([C@H]1c1ccccc1)C(C)(C)C(=O)C2(C)C. The lowest BCUT2D eigenvalue weighted by molar-refractivity contribution is -0.164. The van der Waals surface area contributed by atoms with Gasteiger partial charge in [-0.2, -0.15) is 0 Å². The van der Waals surface area contributed by atoms with Crippen LogP contribution in [0.5, 0.6) is 0 Å². The number of hydrogen-bond donors (Lipinski definition) is 0. The van der Waals surface area contributed by atoms with E-state index in [9.17, 15) is 4.79 Å². The van der Waals surface area contributed by atoms with E-state index in [0.29, 0.717) is 5.78 Å². The lowest BCUT2D eigenvalue weighted by atomic mass is 9.43. The Balaban J connectivity index is 1.90. The molecular weight excluding hydrogens is 338 g/mol. The van der Waals surface area contributed by atoms with Crippen LogP contribution >= 0.6 is 11.8 Å². The van der Waals surface area contributed by atoms with Crippen LogP contribution in [0, 0.1) is 10.8 Å². The number of hydrogen-bond acceptors (Lipinski definition) is 3. The maximum absolute atomic E-state index is 13.1. The molecule has 0 unspecified atom stereocenters. The van der Waals surface area contributed by atoms with Crippen molar-refractivity contribution in [1.29, 1.82) is 0 Å². The molecule has 2 aromatic rings. The molecule has 2 aliphatic rings. The van der Waals surface area contributed by atoms with E-state index in [-0.39, 0.29) is 27.0 Å². The zero-order chi connectivity index (χ0) is 18.7. The van der Waals surface area contributed by atoms with Crippen LogP contribution in [0.4, 0.5) is 0 Å². The summed E-state index contributed by atoms with van der Waals surface area (Å²) in [5.74, 6) is 0.376. The highest BCUT2D eigenvalue weighted by atomic mass is 32.2. The van der Waals surface area contributed by atoms with Crippen molar-refractivity contribution >= 4 is 17.5 Å². The van der Waals surface area contributed by atoms with E-state index in [1.54, 1.807) is 0 Å². The Kier molecular flexibility index (Phi) is 3.91. The summed E-state index contributed by atoms with van der Waals surface area (Å²) in [5, 5.41) is 0.244. The Morgan fingerprint density at radius 1 is 0.808 bits per heavy atom. The molecule has 0 amide bonds. The van der Waals surface area contributed by atoms with Crippen molar-refractivity contribution < 1.29 is 4.79 Å². The summed E-state index contributed by atoms with van der Waals surface area (Å²) in [7, 11) is 2.21. The summed E-state index contributed by atoms with van der Waals surface area (Å²) >= 11 is 1.99. The van der Waals surface area contributed by atoms with Crippen molar-refractivity contribution in [3.63, 3.8) is 0 Å². The fourth-order valence-corrected chi connectivity index (χ4v) is 7.73. The van der Waals surface area contributed by atoms with E-state index in [0.717, 1.165) is 0 Å². The molecule has 26 heavy (non-hydrogen) atoms. The third-order valence-electron chi connectivity index (χ3n) is 6.65. The maximum Gasteiger partial charge on any atom is 0.147 e. The predicted octanol–water partition coefficient (Wildman–Crippen LogP) is 5.48. The van der Waals surface area contributed by atoms with Crippen molar-refractivity contribution in [1.82, 2.24) is 4.90 Å². The van der Waals surface area contributed by atoms with Crippen LogP contribution in [0.25, 0.3) is 0 Å². The Morgan fingerprint density at radius 3 is 1.77 bits per heavy atom. The Bertz CT molecular complexity index is 810. The third kappa shape index (κ3) is 2.02. The molecule has 136 valence electrons. The lowest BCUT2D eigenvalue weighted by Crippen LogP contribution is -2.74. The molecular formula is C23H27NOS. The van der Waals surface area contributed by atoms with Crippen LogP contribution in [0.2, 0.25) is 0 Å². The first-order chi connectivity index (χ1) is 12.2. The van der Waals surface area contributed by atoms with Gasteiger partial charge in [0.15, 0.2) is 0 Å². The smallest absolute Gasteiger partial charge is 0.147 e. The molecule has 1 aliphatic carbocycles. The quantitative estimate of drug-likeness (QED) is 0.703. The van der Waals surface area contributed by atoms with Crippen LogP contribution < -0.4 is 0 Å². The Labute approximate surface area is 161 Å². The van der Waals surface area contributed by atoms with Crippen molar-refractivity contribution in [2.75, 3.05) is 7.05 Å². The number of Topliss-reactive ketones (excluding diaryl/α,β-unsaturated/α-hetero) is 1. The van der Waals surface area contributed by atoms with Gasteiger partial charge >= 0.3 is 0 Å². The van der Waals surface area contributed by atoms with Gasteiger partial charge in [0.1, 0.15) is 5.78 Å². The van der Waals surface area contributed by atoms with Gasteiger partial charge in [-0.1, -0.05) is 88.4 Å². The molecule has 1 aliphatic heterocycles. The van der Waals surface area contributed by atoms with E-state index in [4.69, 9.17) is 0 Å². The van der Waals surface area contributed by atoms with Gasteiger partial charge < -0.3 is 0 Å². The summed E-state index contributed by atoms with van der Waals surface area (Å²) in [6.45, 7) is 8.57. The highest BCUT2D eigenvalue weighted by Gasteiger charge is 2.78. The highest BCUT2D eigenvalue weighted by molar-refractivity contribution is 8.01. The summed E-state index contributed by atoms with van der Waals surface area (Å²) in [6.07, 6.45) is 0. The zero-order valence-corrected chi connectivity index (χ0v) is 17.0. The first-order valence-electron chi connectivity index (χ1n) is 9.29. The molecule has 2 nitrogen and oxygen atoms in total. The lowest BCUT2D eigenvalue weighted by Gasteiger charge is -2.65. The van der Waals surface area contributed by atoms with Crippen LogP contribution in [0.1, 0.15) is 50.2 Å². The van der Waals surface area contributed by atoms with Crippen LogP contribution in [0.15, 0.2) is 60.7 Å². The molecule has 1 spiro atoms. The van der Waals surface area contributed by atoms with E-state index in [1.165, 1.54) is 11.1 Å². The molecule has 0 bridgehead atoms. The average Bonchev–Trinajstić information content (AvgIpc) is 2.98. The van der Waals surface area contributed by atoms with Crippen molar-refractivity contribution in [3.8, 4) is 0 Å². The number of ketones is 1. The van der Waals surface area contributed by atoms with Gasteiger partial charge in [-0.3, -0.25) is 9.69 Å². The largest absolute Gasteiger partial charge is 0.298 e. The van der Waals surface area contributed by atoms with Gasteiger partial charge in [0.2, 0.25) is 0 Å². The van der Waals surface area contributed by atoms with Crippen LogP contribution in [-0.4, -0.2) is 22.5 Å². The third-order valence-corrected chi connectivity index (χ3v) is 9.10. The molecule has 2 fully saturated rings. The Hall–Kier alpha value is -1.58. The average molecular weight is 366 g/mol. The van der Waals surface area contributed by atoms with Crippen molar-refractivity contribution in [2.45, 2.75) is 43.9 Å².